The highest BCUT2D eigenvalue weighted by atomic mass is 31.1. The Balaban J connectivity index is 1.81. The van der Waals surface area contributed by atoms with Gasteiger partial charge in [0.05, 0.1) is 5.56 Å². The van der Waals surface area contributed by atoms with E-state index in [1.807, 2.05) is 85.8 Å². The molecule has 0 saturated heterocycles. The molecule has 0 N–H and O–H groups in total. The Labute approximate surface area is 149 Å². The zero-order valence-electron chi connectivity index (χ0n) is 14.0. The Hall–Kier alpha value is -2.48. The van der Waals surface area contributed by atoms with Crippen LogP contribution in [0.25, 0.3) is 0 Å². The molecule has 0 amide bonds. The van der Waals surface area contributed by atoms with Crippen molar-refractivity contribution in [2.75, 3.05) is 0 Å². The number of carbonyl (C=O) groups excluding carboxylic acids is 1. The van der Waals surface area contributed by atoms with Crippen molar-refractivity contribution < 1.29 is 14.4 Å². The molecule has 3 aromatic carbocycles. The van der Waals surface area contributed by atoms with Gasteiger partial charge in [-0.2, -0.15) is 4.67 Å². The highest BCUT2D eigenvalue weighted by molar-refractivity contribution is 7.68. The minimum Gasteiger partial charge on any atom is -0.289 e. The predicted octanol–water partition coefficient (Wildman–Crippen LogP) is 4.39. The summed E-state index contributed by atoms with van der Waals surface area (Å²) in [5.74, 6) is -0.461. The molecule has 0 aromatic heterocycles. The Bertz CT molecular complexity index is 779. The van der Waals surface area contributed by atoms with Crippen molar-refractivity contribution in [2.45, 2.75) is 13.3 Å². The van der Waals surface area contributed by atoms with Crippen LogP contribution in [0.3, 0.4) is 0 Å². The van der Waals surface area contributed by atoms with E-state index >= 15 is 0 Å². The molecule has 0 bridgehead atoms. The van der Waals surface area contributed by atoms with E-state index in [1.54, 1.807) is 6.07 Å². The van der Waals surface area contributed by atoms with Gasteiger partial charge in [-0.1, -0.05) is 85.8 Å². The van der Waals surface area contributed by atoms with Gasteiger partial charge in [-0.3, -0.25) is 4.89 Å². The van der Waals surface area contributed by atoms with Gasteiger partial charge < -0.3 is 0 Å². The van der Waals surface area contributed by atoms with Crippen LogP contribution in [0.1, 0.15) is 22.8 Å². The molecular weight excluding hydrogens is 331 g/mol. The Morgan fingerprint density at radius 1 is 0.800 bits per heavy atom. The standard InChI is InChI=1S/C21H19O3P/c1-2-17-11-9-10-16-20(17)21(22)23-24-25(18-12-5-3-6-13-18)19-14-7-4-8-15-19/h3-16H,2H2,1H3. The van der Waals surface area contributed by atoms with E-state index in [-0.39, 0.29) is 0 Å². The van der Waals surface area contributed by atoms with Gasteiger partial charge in [0, 0.05) is 10.6 Å². The lowest BCUT2D eigenvalue weighted by Gasteiger charge is -2.16. The van der Waals surface area contributed by atoms with Gasteiger partial charge in [-0.15, -0.1) is 0 Å². The maximum atomic E-state index is 12.5. The molecule has 4 heteroatoms. The van der Waals surface area contributed by atoms with Crippen LogP contribution in [-0.2, 0) is 16.0 Å². The molecule has 126 valence electrons. The second kappa shape index (κ2) is 8.57. The van der Waals surface area contributed by atoms with E-state index in [0.717, 1.165) is 22.6 Å². The molecule has 25 heavy (non-hydrogen) atoms. The summed E-state index contributed by atoms with van der Waals surface area (Å²) >= 11 is 0. The maximum absolute atomic E-state index is 12.5. The summed E-state index contributed by atoms with van der Waals surface area (Å²) in [6.07, 6.45) is 0.761. The molecule has 0 aliphatic carbocycles. The first-order valence-corrected chi connectivity index (χ1v) is 9.42. The van der Waals surface area contributed by atoms with Crippen LogP contribution in [0, 0.1) is 0 Å². The number of benzene rings is 3. The minimum atomic E-state index is -1.23. The molecule has 0 atom stereocenters. The van der Waals surface area contributed by atoms with E-state index in [0.29, 0.717) is 5.56 Å². The topological polar surface area (TPSA) is 35.5 Å². The SMILES string of the molecule is CCc1ccccc1C(=O)OOP(c1ccccc1)c1ccccc1. The van der Waals surface area contributed by atoms with Gasteiger partial charge in [0.2, 0.25) is 0 Å². The lowest BCUT2D eigenvalue weighted by atomic mass is 10.1. The fourth-order valence-electron chi connectivity index (χ4n) is 2.51. The van der Waals surface area contributed by atoms with Gasteiger partial charge in [0.1, 0.15) is 8.15 Å². The molecule has 0 unspecified atom stereocenters. The van der Waals surface area contributed by atoms with Crippen LogP contribution >= 0.6 is 8.15 Å². The van der Waals surface area contributed by atoms with Crippen molar-refractivity contribution in [1.82, 2.24) is 0 Å². The van der Waals surface area contributed by atoms with Crippen LogP contribution < -0.4 is 10.6 Å². The maximum Gasteiger partial charge on any atom is 0.373 e. The number of aryl methyl sites for hydroxylation is 1. The molecular formula is C21H19O3P. The van der Waals surface area contributed by atoms with E-state index in [2.05, 4.69) is 0 Å². The normalized spacial score (nSPS) is 10.6. The average Bonchev–Trinajstić information content (AvgIpc) is 2.69. The second-order valence-electron chi connectivity index (χ2n) is 5.42. The molecule has 3 rings (SSSR count). The zero-order valence-corrected chi connectivity index (χ0v) is 14.9. The molecule has 3 nitrogen and oxygen atoms in total. The summed E-state index contributed by atoms with van der Waals surface area (Å²) in [4.78, 5) is 17.7. The lowest BCUT2D eigenvalue weighted by Crippen LogP contribution is -2.16. The average molecular weight is 350 g/mol. The molecule has 0 aliphatic rings. The van der Waals surface area contributed by atoms with Crippen LogP contribution in [0.15, 0.2) is 84.9 Å². The minimum absolute atomic E-state index is 0.461. The van der Waals surface area contributed by atoms with E-state index in [4.69, 9.17) is 9.56 Å². The number of rotatable bonds is 6. The largest absolute Gasteiger partial charge is 0.373 e. The molecule has 0 radical (unpaired) electrons. The van der Waals surface area contributed by atoms with Gasteiger partial charge in [0.15, 0.2) is 0 Å². The number of hydrogen-bond acceptors (Lipinski definition) is 3. The summed E-state index contributed by atoms with van der Waals surface area (Å²) in [6.45, 7) is 2.01. The fraction of sp³-hybridized carbons (Fsp3) is 0.0952. The van der Waals surface area contributed by atoms with Crippen LogP contribution in [0.5, 0.6) is 0 Å². The van der Waals surface area contributed by atoms with Crippen molar-refractivity contribution in [2.24, 2.45) is 0 Å². The zero-order chi connectivity index (χ0) is 17.5. The van der Waals surface area contributed by atoms with Crippen LogP contribution in [0.2, 0.25) is 0 Å². The highest BCUT2D eigenvalue weighted by Gasteiger charge is 2.20. The molecule has 0 spiro atoms. The first-order chi connectivity index (χ1) is 12.3. The van der Waals surface area contributed by atoms with Gasteiger partial charge in [-0.05, 0) is 18.1 Å². The molecule has 3 aromatic rings. The fourth-order valence-corrected chi connectivity index (χ4v) is 4.00. The molecule has 0 aliphatic heterocycles. The summed E-state index contributed by atoms with van der Waals surface area (Å²) in [7, 11) is -1.23. The predicted molar refractivity (Wildman–Crippen MR) is 101 cm³/mol. The number of carbonyl (C=O) groups is 1. The quantitative estimate of drug-likeness (QED) is 0.376. The van der Waals surface area contributed by atoms with Gasteiger partial charge in [-0.25, -0.2) is 4.79 Å². The molecule has 0 heterocycles. The molecule has 0 fully saturated rings. The first-order valence-electron chi connectivity index (χ1n) is 8.16. The highest BCUT2D eigenvalue weighted by Crippen LogP contribution is 2.35. The Morgan fingerprint density at radius 2 is 1.32 bits per heavy atom. The van der Waals surface area contributed by atoms with E-state index in [1.165, 1.54) is 0 Å². The summed E-state index contributed by atoms with van der Waals surface area (Å²) < 4.78 is 5.65. The lowest BCUT2D eigenvalue weighted by molar-refractivity contribution is -0.138. The smallest absolute Gasteiger partial charge is 0.289 e. The third kappa shape index (κ3) is 4.33. The van der Waals surface area contributed by atoms with Crippen molar-refractivity contribution in [3.05, 3.63) is 96.1 Å². The van der Waals surface area contributed by atoms with Crippen molar-refractivity contribution in [3.63, 3.8) is 0 Å². The van der Waals surface area contributed by atoms with Crippen LogP contribution in [0.4, 0.5) is 0 Å². The third-order valence-corrected chi connectivity index (χ3v) is 5.55. The molecule has 0 saturated carbocycles. The Kier molecular flexibility index (Phi) is 5.95. The van der Waals surface area contributed by atoms with Gasteiger partial charge >= 0.3 is 5.97 Å². The summed E-state index contributed by atoms with van der Waals surface area (Å²) in [5.41, 5.74) is 1.49. The van der Waals surface area contributed by atoms with Crippen molar-refractivity contribution in [1.29, 1.82) is 0 Å². The second-order valence-corrected chi connectivity index (χ2v) is 7.19. The van der Waals surface area contributed by atoms with E-state index in [9.17, 15) is 4.79 Å². The van der Waals surface area contributed by atoms with E-state index < -0.39 is 14.1 Å². The summed E-state index contributed by atoms with van der Waals surface area (Å²) in [5, 5.41) is 1.97. The monoisotopic (exact) mass is 350 g/mol. The van der Waals surface area contributed by atoms with Gasteiger partial charge in [0.25, 0.3) is 0 Å². The third-order valence-electron chi connectivity index (χ3n) is 3.79. The van der Waals surface area contributed by atoms with Crippen LogP contribution in [-0.4, -0.2) is 5.97 Å². The van der Waals surface area contributed by atoms with Crippen molar-refractivity contribution in [3.8, 4) is 0 Å². The Morgan fingerprint density at radius 3 is 1.88 bits per heavy atom. The van der Waals surface area contributed by atoms with Crippen molar-refractivity contribution >= 4 is 24.7 Å². The summed E-state index contributed by atoms with van der Waals surface area (Å²) in [6, 6.07) is 27.0. The first kappa shape index (κ1) is 17.3. The number of hydrogen-bond donors (Lipinski definition) is 0.